The van der Waals surface area contributed by atoms with Crippen LogP contribution in [-0.4, -0.2) is 71.7 Å². The van der Waals surface area contributed by atoms with Crippen LogP contribution in [0.25, 0.3) is 0 Å². The third-order valence-corrected chi connectivity index (χ3v) is 5.25. The van der Waals surface area contributed by atoms with Crippen molar-refractivity contribution in [2.24, 2.45) is 0 Å². The van der Waals surface area contributed by atoms with E-state index in [0.717, 1.165) is 24.0 Å². The molecular formula is C16H26N4O. The van der Waals surface area contributed by atoms with E-state index in [1.165, 1.54) is 58.7 Å². The molecule has 4 rings (SSSR count). The lowest BCUT2D eigenvalue weighted by Crippen LogP contribution is -2.62. The Morgan fingerprint density at radius 3 is 2.57 bits per heavy atom. The van der Waals surface area contributed by atoms with Gasteiger partial charge in [-0.25, -0.2) is 0 Å². The second kappa shape index (κ2) is 5.71. The van der Waals surface area contributed by atoms with Gasteiger partial charge in [-0.15, -0.1) is 0 Å². The molecule has 0 N–H and O–H groups in total. The van der Waals surface area contributed by atoms with Gasteiger partial charge in [0.2, 0.25) is 0 Å². The predicted molar refractivity (Wildman–Crippen MR) is 81.2 cm³/mol. The molecule has 1 aromatic heterocycles. The first-order valence-electron chi connectivity index (χ1n) is 8.46. The van der Waals surface area contributed by atoms with Crippen LogP contribution in [-0.2, 0) is 6.54 Å². The van der Waals surface area contributed by atoms with E-state index in [2.05, 4.69) is 32.8 Å². The van der Waals surface area contributed by atoms with Gasteiger partial charge < -0.3 is 9.42 Å². The second-order valence-electron chi connectivity index (χ2n) is 6.81. The molecule has 0 amide bonds. The number of hydrogen-bond acceptors (Lipinski definition) is 5. The fourth-order valence-corrected chi connectivity index (χ4v) is 3.54. The first kappa shape index (κ1) is 13.7. The van der Waals surface area contributed by atoms with Crippen molar-refractivity contribution >= 4 is 0 Å². The van der Waals surface area contributed by atoms with Crippen LogP contribution in [0, 0.1) is 0 Å². The van der Waals surface area contributed by atoms with Gasteiger partial charge in [0.15, 0.2) is 0 Å². The van der Waals surface area contributed by atoms with Crippen molar-refractivity contribution in [3.05, 3.63) is 17.5 Å². The summed E-state index contributed by atoms with van der Waals surface area (Å²) in [5.41, 5.74) is 1.12. The van der Waals surface area contributed by atoms with Gasteiger partial charge in [0, 0.05) is 63.8 Å². The minimum absolute atomic E-state index is 0.672. The minimum atomic E-state index is 0.672. The Labute approximate surface area is 126 Å². The molecule has 116 valence electrons. The lowest BCUT2D eigenvalue weighted by molar-refractivity contribution is 0.00121. The second-order valence-corrected chi connectivity index (χ2v) is 6.81. The summed E-state index contributed by atoms with van der Waals surface area (Å²) in [7, 11) is 0. The monoisotopic (exact) mass is 290 g/mol. The Morgan fingerprint density at radius 1 is 1.14 bits per heavy atom. The van der Waals surface area contributed by atoms with Crippen LogP contribution < -0.4 is 0 Å². The number of hydrogen-bond donors (Lipinski definition) is 0. The maximum Gasteiger partial charge on any atom is 0.140 e. The fourth-order valence-electron chi connectivity index (χ4n) is 3.54. The summed E-state index contributed by atoms with van der Waals surface area (Å²) in [5.74, 6) is 1.78. The number of aromatic nitrogens is 1. The van der Waals surface area contributed by atoms with Gasteiger partial charge in [-0.2, -0.15) is 0 Å². The first-order chi connectivity index (χ1) is 10.3. The van der Waals surface area contributed by atoms with Crippen LogP contribution in [0.15, 0.2) is 10.6 Å². The van der Waals surface area contributed by atoms with Crippen molar-refractivity contribution in [1.82, 2.24) is 19.9 Å². The van der Waals surface area contributed by atoms with Gasteiger partial charge in [0.05, 0.1) is 5.69 Å². The van der Waals surface area contributed by atoms with Crippen LogP contribution in [0.5, 0.6) is 0 Å². The molecule has 0 unspecified atom stereocenters. The highest BCUT2D eigenvalue weighted by atomic mass is 16.5. The molecular weight excluding hydrogens is 264 g/mol. The standard InChI is InChI=1S/C16H26N4O/c1-2-18-5-7-20(8-6-18)15-11-19(12-15)10-14-9-16(21-17-14)13-3-4-13/h9,13,15H,2-8,10-12H2,1H3. The Kier molecular flexibility index (Phi) is 3.73. The largest absolute Gasteiger partial charge is 0.361 e. The minimum Gasteiger partial charge on any atom is -0.361 e. The summed E-state index contributed by atoms with van der Waals surface area (Å²) in [4.78, 5) is 7.70. The van der Waals surface area contributed by atoms with Gasteiger partial charge in [0.1, 0.15) is 5.76 Å². The summed E-state index contributed by atoms with van der Waals surface area (Å²) in [6, 6.07) is 2.93. The van der Waals surface area contributed by atoms with E-state index < -0.39 is 0 Å². The molecule has 3 aliphatic rings. The van der Waals surface area contributed by atoms with E-state index in [0.29, 0.717) is 5.92 Å². The number of nitrogens with zero attached hydrogens (tertiary/aromatic N) is 4. The maximum atomic E-state index is 5.43. The number of piperazine rings is 1. The molecule has 0 atom stereocenters. The Bertz CT molecular complexity index is 470. The zero-order valence-corrected chi connectivity index (χ0v) is 13.0. The third-order valence-electron chi connectivity index (χ3n) is 5.25. The quantitative estimate of drug-likeness (QED) is 0.818. The van der Waals surface area contributed by atoms with E-state index in [1.807, 2.05) is 0 Å². The van der Waals surface area contributed by atoms with E-state index in [4.69, 9.17) is 4.52 Å². The topological polar surface area (TPSA) is 35.8 Å². The zero-order valence-electron chi connectivity index (χ0n) is 13.0. The highest BCUT2D eigenvalue weighted by molar-refractivity contribution is 5.14. The molecule has 1 aliphatic carbocycles. The molecule has 5 nitrogen and oxygen atoms in total. The van der Waals surface area contributed by atoms with Crippen molar-refractivity contribution in [1.29, 1.82) is 0 Å². The molecule has 0 aromatic carbocycles. The van der Waals surface area contributed by atoms with Gasteiger partial charge >= 0.3 is 0 Å². The molecule has 1 saturated carbocycles. The zero-order chi connectivity index (χ0) is 14.2. The van der Waals surface area contributed by atoms with Crippen molar-refractivity contribution < 1.29 is 4.52 Å². The summed E-state index contributed by atoms with van der Waals surface area (Å²) < 4.78 is 5.43. The van der Waals surface area contributed by atoms with E-state index in [9.17, 15) is 0 Å². The normalized spacial score (nSPS) is 26.1. The lowest BCUT2D eigenvalue weighted by Gasteiger charge is -2.48. The summed E-state index contributed by atoms with van der Waals surface area (Å²) in [5, 5.41) is 4.22. The molecule has 3 heterocycles. The number of rotatable bonds is 5. The van der Waals surface area contributed by atoms with Crippen molar-refractivity contribution in [2.75, 3.05) is 45.8 Å². The SMILES string of the molecule is CCN1CCN(C2CN(Cc3cc(C4CC4)on3)C2)CC1. The number of likely N-dealkylation sites (tertiary alicyclic amines) is 1. The fraction of sp³-hybridized carbons (Fsp3) is 0.812. The van der Waals surface area contributed by atoms with Crippen LogP contribution in [0.3, 0.4) is 0 Å². The average Bonchev–Trinajstić information content (AvgIpc) is 3.22. The Balaban J connectivity index is 1.22. The molecule has 5 heteroatoms. The summed E-state index contributed by atoms with van der Waals surface area (Å²) in [6.07, 6.45) is 2.56. The molecule has 2 saturated heterocycles. The highest BCUT2D eigenvalue weighted by Crippen LogP contribution is 2.40. The summed E-state index contributed by atoms with van der Waals surface area (Å²) in [6.45, 7) is 11.7. The van der Waals surface area contributed by atoms with Crippen LogP contribution >= 0.6 is 0 Å². The average molecular weight is 290 g/mol. The molecule has 0 spiro atoms. The molecule has 1 aromatic rings. The molecule has 3 fully saturated rings. The van der Waals surface area contributed by atoms with Crippen molar-refractivity contribution in [3.8, 4) is 0 Å². The third kappa shape index (κ3) is 3.00. The van der Waals surface area contributed by atoms with Gasteiger partial charge in [-0.3, -0.25) is 9.80 Å². The van der Waals surface area contributed by atoms with Crippen molar-refractivity contribution in [3.63, 3.8) is 0 Å². The lowest BCUT2D eigenvalue weighted by atomic mass is 10.1. The first-order valence-corrected chi connectivity index (χ1v) is 8.46. The molecule has 0 bridgehead atoms. The highest BCUT2D eigenvalue weighted by Gasteiger charge is 2.34. The van der Waals surface area contributed by atoms with Crippen LogP contribution in [0.1, 0.15) is 37.1 Å². The smallest absolute Gasteiger partial charge is 0.140 e. The molecule has 21 heavy (non-hydrogen) atoms. The maximum absolute atomic E-state index is 5.43. The van der Waals surface area contributed by atoms with E-state index in [-0.39, 0.29) is 0 Å². The van der Waals surface area contributed by atoms with Gasteiger partial charge in [-0.1, -0.05) is 12.1 Å². The van der Waals surface area contributed by atoms with E-state index in [1.54, 1.807) is 0 Å². The predicted octanol–water partition coefficient (Wildman–Crippen LogP) is 1.37. The number of likely N-dealkylation sites (N-methyl/N-ethyl adjacent to an activating group) is 1. The van der Waals surface area contributed by atoms with Crippen LogP contribution in [0.2, 0.25) is 0 Å². The Hall–Kier alpha value is -0.910. The Morgan fingerprint density at radius 2 is 1.90 bits per heavy atom. The van der Waals surface area contributed by atoms with E-state index >= 15 is 0 Å². The van der Waals surface area contributed by atoms with Crippen LogP contribution in [0.4, 0.5) is 0 Å². The molecule has 0 radical (unpaired) electrons. The van der Waals surface area contributed by atoms with Gasteiger partial charge in [-0.05, 0) is 19.4 Å². The molecule has 2 aliphatic heterocycles. The van der Waals surface area contributed by atoms with Crippen molar-refractivity contribution in [2.45, 2.75) is 38.3 Å². The van der Waals surface area contributed by atoms with Gasteiger partial charge in [0.25, 0.3) is 0 Å². The summed E-state index contributed by atoms with van der Waals surface area (Å²) >= 11 is 0.